The maximum atomic E-state index is 12.4. The van der Waals surface area contributed by atoms with Gasteiger partial charge >= 0.3 is 0 Å². The van der Waals surface area contributed by atoms with E-state index < -0.39 is 0 Å². The van der Waals surface area contributed by atoms with E-state index in [1.165, 1.54) is 11.8 Å². The van der Waals surface area contributed by atoms with Crippen molar-refractivity contribution in [1.29, 1.82) is 0 Å². The van der Waals surface area contributed by atoms with Crippen LogP contribution in [-0.2, 0) is 9.53 Å². The maximum absolute atomic E-state index is 12.4. The van der Waals surface area contributed by atoms with Crippen molar-refractivity contribution in [2.45, 2.75) is 52.2 Å². The smallest absolute Gasteiger partial charge is 0.286 e. The minimum absolute atomic E-state index is 0.124. The quantitative estimate of drug-likeness (QED) is 0.485. The third kappa shape index (κ3) is 5.76. The van der Waals surface area contributed by atoms with Crippen LogP contribution in [0.2, 0.25) is 0 Å². The Kier molecular flexibility index (Phi) is 7.61. The molecule has 1 fully saturated rings. The van der Waals surface area contributed by atoms with Crippen LogP contribution >= 0.6 is 11.8 Å². The summed E-state index contributed by atoms with van der Waals surface area (Å²) in [7, 11) is 1.63. The zero-order valence-corrected chi connectivity index (χ0v) is 18.5. The fourth-order valence-corrected chi connectivity index (χ4v) is 4.38. The van der Waals surface area contributed by atoms with Gasteiger partial charge in [0.05, 0.1) is 30.8 Å². The molecule has 1 amide bonds. The van der Waals surface area contributed by atoms with Gasteiger partial charge in [0.2, 0.25) is 0 Å². The van der Waals surface area contributed by atoms with E-state index in [2.05, 4.69) is 16.8 Å². The monoisotopic (exact) mass is 418 g/mol. The normalized spacial score (nSPS) is 23.4. The summed E-state index contributed by atoms with van der Waals surface area (Å²) in [4.78, 5) is 19.4. The van der Waals surface area contributed by atoms with Gasteiger partial charge in [0, 0.05) is 13.1 Å². The van der Waals surface area contributed by atoms with Crippen molar-refractivity contribution < 1.29 is 19.0 Å². The summed E-state index contributed by atoms with van der Waals surface area (Å²) >= 11 is 1.42. The molecule has 0 spiro atoms. The van der Waals surface area contributed by atoms with Gasteiger partial charge in [0.1, 0.15) is 0 Å². The number of carbonyl (C=O) groups excluding carboxylic acids is 1. The van der Waals surface area contributed by atoms with Crippen molar-refractivity contribution in [3.8, 4) is 11.5 Å². The van der Waals surface area contributed by atoms with E-state index in [9.17, 15) is 4.79 Å². The number of amidine groups is 1. The second kappa shape index (κ2) is 10.2. The van der Waals surface area contributed by atoms with E-state index in [4.69, 9.17) is 14.2 Å². The highest BCUT2D eigenvalue weighted by molar-refractivity contribution is 8.18. The molecule has 6 nitrogen and oxygen atoms in total. The van der Waals surface area contributed by atoms with Crippen molar-refractivity contribution in [3.05, 3.63) is 28.7 Å². The molecule has 158 valence electrons. The zero-order valence-electron chi connectivity index (χ0n) is 17.6. The highest BCUT2D eigenvalue weighted by atomic mass is 32.2. The molecule has 0 unspecified atom stereocenters. The molecule has 0 saturated carbocycles. The van der Waals surface area contributed by atoms with Crippen molar-refractivity contribution in [2.75, 3.05) is 26.8 Å². The summed E-state index contributed by atoms with van der Waals surface area (Å²) < 4.78 is 17.1. The van der Waals surface area contributed by atoms with Crippen LogP contribution in [0, 0.1) is 0 Å². The Morgan fingerprint density at radius 1 is 1.24 bits per heavy atom. The first-order valence-corrected chi connectivity index (χ1v) is 11.1. The van der Waals surface area contributed by atoms with Crippen LogP contribution in [-0.4, -0.2) is 55.0 Å². The minimum atomic E-state index is -0.198. The molecule has 1 aromatic carbocycles. The largest absolute Gasteiger partial charge is 0.493 e. The molecule has 0 radical (unpaired) electrons. The summed E-state index contributed by atoms with van der Waals surface area (Å²) in [5.74, 6) is 1.20. The summed E-state index contributed by atoms with van der Waals surface area (Å²) in [6.45, 7) is 8.41. The summed E-state index contributed by atoms with van der Waals surface area (Å²) in [5, 5.41) is 0.756. The fourth-order valence-electron chi connectivity index (χ4n) is 3.45. The number of ether oxygens (including phenoxy) is 3. The van der Waals surface area contributed by atoms with Crippen LogP contribution in [0.15, 0.2) is 28.1 Å². The Bertz CT molecular complexity index is 783. The SMILES string of the molecule is CCCCCOc1ccc(/C=C2/SC(N3C[C@@H](C)O[C@@H](C)C3)=NC2=O)cc1OC. The molecule has 0 aliphatic carbocycles. The van der Waals surface area contributed by atoms with Gasteiger partial charge in [-0.25, -0.2) is 0 Å². The van der Waals surface area contributed by atoms with E-state index in [1.54, 1.807) is 7.11 Å². The number of morpholine rings is 1. The predicted molar refractivity (Wildman–Crippen MR) is 118 cm³/mol. The molecule has 0 bridgehead atoms. The molecule has 1 saturated heterocycles. The van der Waals surface area contributed by atoms with E-state index >= 15 is 0 Å². The van der Waals surface area contributed by atoms with Crippen LogP contribution < -0.4 is 9.47 Å². The lowest BCUT2D eigenvalue weighted by molar-refractivity contribution is -0.113. The average Bonchev–Trinajstić information content (AvgIpc) is 3.05. The van der Waals surface area contributed by atoms with Gasteiger partial charge in [-0.15, -0.1) is 0 Å². The molecule has 7 heteroatoms. The minimum Gasteiger partial charge on any atom is -0.493 e. The summed E-state index contributed by atoms with van der Waals surface area (Å²) in [5.41, 5.74) is 0.888. The Morgan fingerprint density at radius 3 is 2.69 bits per heavy atom. The molecule has 0 aromatic heterocycles. The Hall–Kier alpha value is -1.99. The molecule has 2 aliphatic heterocycles. The number of hydrogen-bond donors (Lipinski definition) is 0. The van der Waals surface area contributed by atoms with E-state index in [0.717, 1.165) is 48.8 Å². The van der Waals surface area contributed by atoms with Crippen molar-refractivity contribution in [3.63, 3.8) is 0 Å². The first-order chi connectivity index (χ1) is 14.0. The van der Waals surface area contributed by atoms with Crippen LogP contribution in [0.1, 0.15) is 45.6 Å². The average molecular weight is 419 g/mol. The number of methoxy groups -OCH3 is 1. The van der Waals surface area contributed by atoms with Crippen molar-refractivity contribution in [2.24, 2.45) is 4.99 Å². The molecular weight excluding hydrogens is 388 g/mol. The fraction of sp³-hybridized carbons (Fsp3) is 0.545. The lowest BCUT2D eigenvalue weighted by atomic mass is 10.2. The number of amides is 1. The molecule has 1 aromatic rings. The van der Waals surface area contributed by atoms with Crippen LogP contribution in [0.3, 0.4) is 0 Å². The van der Waals surface area contributed by atoms with E-state index in [-0.39, 0.29) is 18.1 Å². The first-order valence-electron chi connectivity index (χ1n) is 10.2. The lowest BCUT2D eigenvalue weighted by Gasteiger charge is -2.35. The predicted octanol–water partition coefficient (Wildman–Crippen LogP) is 4.34. The molecule has 2 atom stereocenters. The number of nitrogens with zero attached hydrogens (tertiary/aromatic N) is 2. The number of rotatable bonds is 7. The Balaban J connectivity index is 1.68. The Labute approximate surface area is 177 Å². The Morgan fingerprint density at radius 2 is 2.00 bits per heavy atom. The number of aliphatic imine (C=N–C) groups is 1. The molecular formula is C22H30N2O4S. The number of unbranched alkanes of at least 4 members (excludes halogenated alkanes) is 2. The highest BCUT2D eigenvalue weighted by Crippen LogP contribution is 2.34. The second-order valence-electron chi connectivity index (χ2n) is 7.44. The van der Waals surface area contributed by atoms with E-state index in [0.29, 0.717) is 17.3 Å². The standard InChI is InChI=1S/C22H30N2O4S/c1-5-6-7-10-27-18-9-8-17(11-19(18)26-4)12-20-21(25)23-22(29-20)24-13-15(2)28-16(3)14-24/h8-9,11-12,15-16H,5-7,10,13-14H2,1-4H3/b20-12+/t15-,16+. The summed E-state index contributed by atoms with van der Waals surface area (Å²) in [6, 6.07) is 5.73. The van der Waals surface area contributed by atoms with Gasteiger partial charge in [-0.1, -0.05) is 25.8 Å². The van der Waals surface area contributed by atoms with Crippen LogP contribution in [0.4, 0.5) is 0 Å². The molecule has 29 heavy (non-hydrogen) atoms. The van der Waals surface area contributed by atoms with Crippen molar-refractivity contribution in [1.82, 2.24) is 4.90 Å². The van der Waals surface area contributed by atoms with Gasteiger partial charge in [0.25, 0.3) is 5.91 Å². The third-order valence-corrected chi connectivity index (χ3v) is 5.83. The number of thioether (sulfide) groups is 1. The van der Waals surface area contributed by atoms with Crippen molar-refractivity contribution >= 4 is 28.9 Å². The third-order valence-electron chi connectivity index (χ3n) is 4.79. The van der Waals surface area contributed by atoms with E-state index in [1.807, 2.05) is 38.1 Å². The summed E-state index contributed by atoms with van der Waals surface area (Å²) in [6.07, 6.45) is 5.44. The second-order valence-corrected chi connectivity index (χ2v) is 8.45. The van der Waals surface area contributed by atoms with Gasteiger partial charge in [-0.2, -0.15) is 4.99 Å². The lowest BCUT2D eigenvalue weighted by Crippen LogP contribution is -2.47. The van der Waals surface area contributed by atoms with Crippen LogP contribution in [0.25, 0.3) is 6.08 Å². The number of hydrogen-bond acceptors (Lipinski definition) is 6. The van der Waals surface area contributed by atoms with Gasteiger partial charge in [-0.05, 0) is 55.8 Å². The highest BCUT2D eigenvalue weighted by Gasteiger charge is 2.31. The zero-order chi connectivity index (χ0) is 20.8. The first kappa shape index (κ1) is 21.7. The molecule has 3 rings (SSSR count). The van der Waals surface area contributed by atoms with Crippen LogP contribution in [0.5, 0.6) is 11.5 Å². The van der Waals surface area contributed by atoms with Gasteiger partial charge in [-0.3, -0.25) is 4.79 Å². The maximum Gasteiger partial charge on any atom is 0.286 e. The van der Waals surface area contributed by atoms with Gasteiger partial charge < -0.3 is 19.1 Å². The van der Waals surface area contributed by atoms with Gasteiger partial charge in [0.15, 0.2) is 16.7 Å². The number of benzene rings is 1. The molecule has 2 heterocycles. The number of carbonyl (C=O) groups is 1. The molecule has 2 aliphatic rings. The molecule has 0 N–H and O–H groups in total. The topological polar surface area (TPSA) is 60.4 Å².